The average Bonchev–Trinajstić information content (AvgIpc) is 3.65. The molecule has 2 aliphatic heterocycles. The van der Waals surface area contributed by atoms with E-state index in [0.29, 0.717) is 18.5 Å². The molecule has 7 rings (SSSR count). The van der Waals surface area contributed by atoms with Crippen LogP contribution in [0.4, 0.5) is 0 Å². The Bertz CT molecular complexity index is 1390. The number of benzene rings is 3. The summed E-state index contributed by atoms with van der Waals surface area (Å²) < 4.78 is 5.73. The van der Waals surface area contributed by atoms with Crippen LogP contribution in [0.3, 0.4) is 0 Å². The zero-order chi connectivity index (χ0) is 26.6. The minimum atomic E-state index is 0.0390. The first-order valence-electron chi connectivity index (χ1n) is 15.0. The lowest BCUT2D eigenvalue weighted by Gasteiger charge is -2.55. The maximum atomic E-state index is 13.2. The predicted molar refractivity (Wildman–Crippen MR) is 156 cm³/mol. The third kappa shape index (κ3) is 4.67. The van der Waals surface area contributed by atoms with Gasteiger partial charge in [0.2, 0.25) is 0 Å². The zero-order valence-corrected chi connectivity index (χ0v) is 23.3. The van der Waals surface area contributed by atoms with Crippen LogP contribution >= 0.6 is 0 Å². The maximum absolute atomic E-state index is 13.2. The molecule has 4 nitrogen and oxygen atoms in total. The molecular weight excluding hydrogens is 480 g/mol. The van der Waals surface area contributed by atoms with Crippen LogP contribution in [0.25, 0.3) is 11.1 Å². The second-order valence-electron chi connectivity index (χ2n) is 12.7. The van der Waals surface area contributed by atoms with E-state index < -0.39 is 0 Å². The molecule has 3 aromatic rings. The minimum Gasteiger partial charge on any atom is -0.493 e. The molecule has 4 heteroatoms. The summed E-state index contributed by atoms with van der Waals surface area (Å²) >= 11 is 0. The van der Waals surface area contributed by atoms with E-state index >= 15 is 0 Å². The Kier molecular flexibility index (Phi) is 6.27. The van der Waals surface area contributed by atoms with Gasteiger partial charge in [-0.3, -0.25) is 9.69 Å². The summed E-state index contributed by atoms with van der Waals surface area (Å²) in [5.74, 6) is 2.61. The van der Waals surface area contributed by atoms with Crippen molar-refractivity contribution in [1.29, 1.82) is 0 Å². The second-order valence-corrected chi connectivity index (χ2v) is 12.7. The van der Waals surface area contributed by atoms with Crippen LogP contribution in [0.1, 0.15) is 65.7 Å². The van der Waals surface area contributed by atoms with Gasteiger partial charge in [0.1, 0.15) is 5.75 Å². The number of rotatable bonds is 7. The fourth-order valence-corrected chi connectivity index (χ4v) is 7.34. The van der Waals surface area contributed by atoms with Gasteiger partial charge >= 0.3 is 0 Å². The minimum absolute atomic E-state index is 0.0390. The van der Waals surface area contributed by atoms with Gasteiger partial charge in [0.25, 0.3) is 5.91 Å². The van der Waals surface area contributed by atoms with Crippen LogP contribution in [-0.4, -0.2) is 43.1 Å². The van der Waals surface area contributed by atoms with Crippen LogP contribution in [0.15, 0.2) is 60.7 Å². The van der Waals surface area contributed by atoms with E-state index in [-0.39, 0.29) is 11.3 Å². The van der Waals surface area contributed by atoms with Crippen molar-refractivity contribution in [1.82, 2.24) is 10.2 Å². The zero-order valence-electron chi connectivity index (χ0n) is 23.3. The summed E-state index contributed by atoms with van der Waals surface area (Å²) in [5.41, 5.74) is 8.73. The number of ether oxygens (including phenoxy) is 1. The molecule has 0 radical (unpaired) electrons. The smallest absolute Gasteiger partial charge is 0.251 e. The van der Waals surface area contributed by atoms with Crippen molar-refractivity contribution in [2.45, 2.75) is 63.8 Å². The van der Waals surface area contributed by atoms with Crippen molar-refractivity contribution in [3.8, 4) is 16.9 Å². The molecule has 2 bridgehead atoms. The topological polar surface area (TPSA) is 41.6 Å². The number of carbonyl (C=O) groups is 1. The summed E-state index contributed by atoms with van der Waals surface area (Å²) in [6.45, 7) is 8.78. The van der Waals surface area contributed by atoms with Crippen LogP contribution in [0.5, 0.6) is 5.75 Å². The summed E-state index contributed by atoms with van der Waals surface area (Å²) in [6, 6.07) is 22.3. The quantitative estimate of drug-likeness (QED) is 0.404. The first-order valence-corrected chi connectivity index (χ1v) is 15.0. The highest BCUT2D eigenvalue weighted by Crippen LogP contribution is 2.49. The van der Waals surface area contributed by atoms with E-state index in [2.05, 4.69) is 78.7 Å². The van der Waals surface area contributed by atoms with Crippen LogP contribution < -0.4 is 10.1 Å². The van der Waals surface area contributed by atoms with Gasteiger partial charge in [-0.2, -0.15) is 0 Å². The fourth-order valence-electron chi connectivity index (χ4n) is 7.34. The molecule has 2 heterocycles. The highest BCUT2D eigenvalue weighted by Gasteiger charge is 2.49. The number of nitrogens with zero attached hydrogens (tertiary/aromatic N) is 1. The molecule has 1 saturated carbocycles. The fraction of sp³-hybridized carbons (Fsp3) is 0.457. The lowest BCUT2D eigenvalue weighted by Crippen LogP contribution is -2.58. The molecule has 1 N–H and O–H groups in total. The summed E-state index contributed by atoms with van der Waals surface area (Å²) in [5, 5.41) is 3.18. The first-order chi connectivity index (χ1) is 19.0. The molecule has 3 aromatic carbocycles. The van der Waals surface area contributed by atoms with Crippen molar-refractivity contribution >= 4 is 5.91 Å². The third-order valence-corrected chi connectivity index (χ3v) is 10.3. The number of amides is 1. The maximum Gasteiger partial charge on any atom is 0.251 e. The van der Waals surface area contributed by atoms with E-state index in [4.69, 9.17) is 4.74 Å². The SMILES string of the molecule is C[C@H]1[C@H]2Cc3ccc(C(=O)NCCc4ccc(-c5ccc6c(c5)OCC6)cc4)cc3[C@@]1(C)CCN2CC1CC1. The molecule has 1 saturated heterocycles. The molecule has 2 aliphatic carbocycles. The monoisotopic (exact) mass is 520 g/mol. The van der Waals surface area contributed by atoms with Gasteiger partial charge in [0.15, 0.2) is 0 Å². The highest BCUT2D eigenvalue weighted by atomic mass is 16.5. The molecule has 202 valence electrons. The lowest BCUT2D eigenvalue weighted by atomic mass is 9.59. The Labute approximate surface area is 232 Å². The van der Waals surface area contributed by atoms with Gasteiger partial charge in [-0.25, -0.2) is 0 Å². The predicted octanol–water partition coefficient (Wildman–Crippen LogP) is 6.20. The Balaban J connectivity index is 0.985. The molecule has 4 aliphatic rings. The Morgan fingerprint density at radius 3 is 2.64 bits per heavy atom. The Hall–Kier alpha value is -3.11. The Morgan fingerprint density at radius 1 is 1.03 bits per heavy atom. The summed E-state index contributed by atoms with van der Waals surface area (Å²) in [7, 11) is 0. The number of carbonyl (C=O) groups excluding carboxylic acids is 1. The van der Waals surface area contributed by atoms with Crippen molar-refractivity contribution in [2.24, 2.45) is 11.8 Å². The largest absolute Gasteiger partial charge is 0.493 e. The van der Waals surface area contributed by atoms with E-state index in [1.165, 1.54) is 65.7 Å². The van der Waals surface area contributed by atoms with E-state index in [9.17, 15) is 4.79 Å². The van der Waals surface area contributed by atoms with Crippen molar-refractivity contribution < 1.29 is 9.53 Å². The van der Waals surface area contributed by atoms with E-state index in [0.717, 1.165) is 43.1 Å². The van der Waals surface area contributed by atoms with Crippen LogP contribution in [0, 0.1) is 11.8 Å². The average molecular weight is 521 g/mol. The number of hydrogen-bond acceptors (Lipinski definition) is 3. The van der Waals surface area contributed by atoms with Gasteiger partial charge in [-0.05, 0) is 107 Å². The molecule has 0 unspecified atom stereocenters. The molecular formula is C35H40N2O2. The van der Waals surface area contributed by atoms with Crippen LogP contribution in [0.2, 0.25) is 0 Å². The Morgan fingerprint density at radius 2 is 1.82 bits per heavy atom. The molecule has 0 aromatic heterocycles. The van der Waals surface area contributed by atoms with Gasteiger partial charge in [0, 0.05) is 31.1 Å². The number of piperidine rings is 1. The molecule has 39 heavy (non-hydrogen) atoms. The van der Waals surface area contributed by atoms with Gasteiger partial charge < -0.3 is 10.1 Å². The third-order valence-electron chi connectivity index (χ3n) is 10.3. The standard InChI is InChI=1S/C35H40N2O2/c1-23-32-20-29-11-12-30(19-31(29)35(23,2)15-17-37(32)22-25-3-4-25)34(38)36-16-13-24-5-7-26(8-6-24)28-10-9-27-14-18-39-33(27)21-28/h5-12,19,21,23,25,32H,3-4,13-18,20,22H2,1-2H3,(H,36,38)/t23-,32+,35-/m0/s1. The van der Waals surface area contributed by atoms with Crippen LogP contribution in [-0.2, 0) is 24.7 Å². The van der Waals surface area contributed by atoms with Gasteiger partial charge in [0.05, 0.1) is 6.61 Å². The van der Waals surface area contributed by atoms with Gasteiger partial charge in [-0.1, -0.05) is 56.3 Å². The van der Waals surface area contributed by atoms with Crippen molar-refractivity contribution in [2.75, 3.05) is 26.2 Å². The molecule has 2 fully saturated rings. The molecule has 1 amide bonds. The molecule has 3 atom stereocenters. The number of nitrogens with one attached hydrogen (secondary N) is 1. The van der Waals surface area contributed by atoms with E-state index in [1.54, 1.807) is 0 Å². The van der Waals surface area contributed by atoms with Crippen molar-refractivity contribution in [3.05, 3.63) is 88.5 Å². The highest BCUT2D eigenvalue weighted by molar-refractivity contribution is 5.94. The van der Waals surface area contributed by atoms with Gasteiger partial charge in [-0.15, -0.1) is 0 Å². The number of hydrogen-bond donors (Lipinski definition) is 1. The summed E-state index contributed by atoms with van der Waals surface area (Å²) in [6.07, 6.45) is 6.96. The van der Waals surface area contributed by atoms with E-state index in [1.807, 2.05) is 6.07 Å². The number of fused-ring (bicyclic) bond motifs is 5. The number of likely N-dealkylation sites (tertiary alicyclic amines) is 1. The molecule has 0 spiro atoms. The lowest BCUT2D eigenvalue weighted by molar-refractivity contribution is 0.0284. The second kappa shape index (κ2) is 9.82. The normalized spacial score (nSPS) is 25.5. The van der Waals surface area contributed by atoms with Crippen molar-refractivity contribution in [3.63, 3.8) is 0 Å². The summed E-state index contributed by atoms with van der Waals surface area (Å²) in [4.78, 5) is 15.9. The first kappa shape index (κ1) is 24.9.